The van der Waals surface area contributed by atoms with Crippen molar-refractivity contribution in [2.75, 3.05) is 0 Å². The minimum Gasteiger partial charge on any atom is -0.305 e. The van der Waals surface area contributed by atoms with Gasteiger partial charge in [0.2, 0.25) is 0 Å². The van der Waals surface area contributed by atoms with Gasteiger partial charge in [0.05, 0.1) is 27.8 Å². The van der Waals surface area contributed by atoms with Crippen LogP contribution in [0.1, 0.15) is 298 Å². The number of hydrogen-bond donors (Lipinski definition) is 0. The Labute approximate surface area is 883 Å². The van der Waals surface area contributed by atoms with E-state index in [0.29, 0.717) is 0 Å². The fourth-order valence-electron chi connectivity index (χ4n) is 22.5. The zero-order valence-electron chi connectivity index (χ0n) is 95.5. The van der Waals surface area contributed by atoms with Crippen molar-refractivity contribution in [2.45, 2.75) is 303 Å². The van der Waals surface area contributed by atoms with Crippen LogP contribution in [0.25, 0.3) is 139 Å². The molecule has 0 fully saturated rings. The number of rotatable bonds is 11. The van der Waals surface area contributed by atoms with Gasteiger partial charge in [-0.15, -0.1) is 0 Å². The van der Waals surface area contributed by atoms with Crippen molar-refractivity contribution < 1.29 is 13.7 Å². The Kier molecular flexibility index (Phi) is 26.5. The molecule has 0 unspecified atom stereocenters. The molecule has 0 saturated heterocycles. The molecule has 0 radical (unpaired) electrons. The molecule has 20 aromatic rings. The standard InChI is InChI=1S/C53H73N2.C49H47N4.C37H40N3/c1-34-45(53(18,19)20)32-42(52(15,16)17)33-46(34)54-24-25-55(35(54)2)47-43(36-26-38(48(3,4)5)30-39(27-36)49(6,7)8)22-21-23-44(47)37-28-40(50(9,10)11)31-41(29-37)51(12,13)14;1-32-40(49(6,7)8)30-34(48(3,4)5)31-45(32)50-28-29-51(33(50)2)47-44(53-42-24-16-12-20-36(42)37-21-13-17-25-43(37)53)27-26-39-38-22-14-15-23-41(38)52(46(39)47)35-18-10-9-11-19-35;1-25-31(37(6,7)8)23-27(36(3,4)5)24-34(25)39-22-21-38(26(39)2)33-20-14-18-30-29-17-12-13-19-32(29)40(35(30)33)28-15-10-9-11-16-28/h21-33H,1-20H3;9-31H,1-8H3;9-24H,1-8H3/q3*+1. The zero-order valence-corrected chi connectivity index (χ0v) is 95.5. The highest BCUT2D eigenvalue weighted by molar-refractivity contribution is 6.15. The highest BCUT2D eigenvalue weighted by atomic mass is 15.2. The predicted octanol–water partition coefficient (Wildman–Crippen LogP) is 35.7. The van der Waals surface area contributed by atoms with Crippen LogP contribution in [0.5, 0.6) is 0 Å². The van der Waals surface area contributed by atoms with Crippen LogP contribution in [-0.2, 0) is 54.1 Å². The van der Waals surface area contributed by atoms with Gasteiger partial charge < -0.3 is 13.7 Å². The van der Waals surface area contributed by atoms with Crippen LogP contribution in [0.3, 0.4) is 0 Å². The number of aromatic nitrogens is 9. The summed E-state index contributed by atoms with van der Waals surface area (Å²) in [5.74, 6) is 3.48. The van der Waals surface area contributed by atoms with Gasteiger partial charge in [-0.05, 0) is 243 Å². The minimum atomic E-state index is 0.00302. The van der Waals surface area contributed by atoms with E-state index in [1.807, 2.05) is 0 Å². The lowest BCUT2D eigenvalue weighted by Gasteiger charge is -2.28. The van der Waals surface area contributed by atoms with E-state index < -0.39 is 0 Å². The third-order valence-corrected chi connectivity index (χ3v) is 31.2. The van der Waals surface area contributed by atoms with Crippen LogP contribution >= 0.6 is 0 Å². The topological polar surface area (TPSA) is 41.2 Å². The Morgan fingerprint density at radius 2 is 0.473 bits per heavy atom. The summed E-state index contributed by atoms with van der Waals surface area (Å²) in [6.07, 6.45) is 13.6. The molecule has 0 atom stereocenters. The van der Waals surface area contributed by atoms with Gasteiger partial charge in [-0.3, -0.25) is 0 Å². The molecule has 148 heavy (non-hydrogen) atoms. The molecule has 0 amide bonds. The normalized spacial score (nSPS) is 12.9. The predicted molar refractivity (Wildman–Crippen MR) is 631 cm³/mol. The summed E-state index contributed by atoms with van der Waals surface area (Å²) in [5.41, 5.74) is 40.8. The molecular weight excluding hydrogens is 1800 g/mol. The molecular formula is C139H160N9+3. The maximum absolute atomic E-state index is 2.47. The highest BCUT2D eigenvalue weighted by Gasteiger charge is 2.38. The van der Waals surface area contributed by atoms with Gasteiger partial charge in [0, 0.05) is 75.6 Å². The lowest BCUT2D eigenvalue weighted by atomic mass is 9.77. The Morgan fingerprint density at radius 1 is 0.203 bits per heavy atom. The third kappa shape index (κ3) is 19.4. The summed E-state index contributed by atoms with van der Waals surface area (Å²) in [6, 6.07) is 104. The van der Waals surface area contributed by atoms with Crippen molar-refractivity contribution >= 4 is 65.4 Å². The monoisotopic (exact) mass is 1960 g/mol. The fraction of sp³-hybridized carbons (Fsp3) is 0.331. The highest BCUT2D eigenvalue weighted by Crippen LogP contribution is 2.48. The quantitative estimate of drug-likeness (QED) is 0.116. The van der Waals surface area contributed by atoms with E-state index in [1.165, 1.54) is 206 Å². The average molecular weight is 1960 g/mol. The van der Waals surface area contributed by atoms with Crippen molar-refractivity contribution in [1.82, 2.24) is 27.4 Å². The zero-order chi connectivity index (χ0) is 107. The van der Waals surface area contributed by atoms with Crippen LogP contribution in [-0.4, -0.2) is 27.4 Å². The first-order chi connectivity index (χ1) is 69.3. The number of benzene rings is 14. The number of imidazole rings is 3. The van der Waals surface area contributed by atoms with Crippen molar-refractivity contribution in [3.05, 3.63) is 406 Å². The van der Waals surface area contributed by atoms with E-state index in [9.17, 15) is 0 Å². The van der Waals surface area contributed by atoms with Gasteiger partial charge >= 0.3 is 0 Å². The lowest BCUT2D eigenvalue weighted by Crippen LogP contribution is -2.35. The maximum atomic E-state index is 2.47. The van der Waals surface area contributed by atoms with Crippen molar-refractivity contribution in [3.8, 4) is 73.4 Å². The summed E-state index contributed by atoms with van der Waals surface area (Å²) in [7, 11) is 0. The first-order valence-electron chi connectivity index (χ1n) is 53.7. The summed E-state index contributed by atoms with van der Waals surface area (Å²) < 4.78 is 21.8. The molecule has 0 N–H and O–H groups in total. The van der Waals surface area contributed by atoms with Gasteiger partial charge in [0.25, 0.3) is 17.5 Å². The van der Waals surface area contributed by atoms with E-state index in [2.05, 4.69) is 607 Å². The SMILES string of the molecule is Cc1c(-n2cc[n+](-c3c(-c4cc(C(C)(C)C)cc(C(C)(C)C)c4)cccc3-c3cc(C(C)(C)C)cc(C(C)(C)C)c3)c2C)cc(C(C)(C)C)cc1C(C)(C)C.Cc1c(-n2cc[n+](-c3c(-n4c5ccccc5c5ccccc54)ccc4c5ccccc5n(-c5ccccc5)c34)c2C)cc(C(C)(C)C)cc1C(C)(C)C.Cc1c(-n2cc[n+](-c3cccc4c5ccccc5n(-c5ccccc5)c34)c2C)cc(C(C)(C)C)cc1C(C)(C)C. The molecule has 9 heteroatoms. The second-order valence-electron chi connectivity index (χ2n) is 52.3. The molecule has 14 aromatic carbocycles. The van der Waals surface area contributed by atoms with Gasteiger partial charge in [-0.25, -0.2) is 0 Å². The largest absolute Gasteiger partial charge is 0.305 e. The van der Waals surface area contributed by atoms with E-state index in [1.54, 1.807) is 0 Å². The van der Waals surface area contributed by atoms with Crippen LogP contribution in [0.2, 0.25) is 0 Å². The van der Waals surface area contributed by atoms with Crippen LogP contribution in [0.4, 0.5) is 0 Å². The Hall–Kier alpha value is -13.9. The lowest BCUT2D eigenvalue weighted by molar-refractivity contribution is -0.600. The molecule has 758 valence electrons. The molecule has 6 heterocycles. The summed E-state index contributed by atoms with van der Waals surface area (Å²) in [4.78, 5) is 0. The number of hydrogen-bond acceptors (Lipinski definition) is 0. The summed E-state index contributed by atoms with van der Waals surface area (Å²) >= 11 is 0. The molecule has 0 aliphatic heterocycles. The van der Waals surface area contributed by atoms with Gasteiger partial charge in [-0.2, -0.15) is 27.4 Å². The first kappa shape index (κ1) is 104. The molecule has 0 spiro atoms. The minimum absolute atomic E-state index is 0.00302. The fourth-order valence-corrected chi connectivity index (χ4v) is 22.5. The van der Waals surface area contributed by atoms with E-state index in [-0.39, 0.29) is 54.1 Å². The Bertz CT molecular complexity index is 8300. The molecule has 0 aliphatic rings. The van der Waals surface area contributed by atoms with Crippen LogP contribution in [0.15, 0.2) is 316 Å². The Balaban J connectivity index is 0.000000147. The summed E-state index contributed by atoms with van der Waals surface area (Å²) in [6.45, 7) is 83.5. The molecule has 20 rings (SSSR count). The van der Waals surface area contributed by atoms with Crippen LogP contribution in [0, 0.1) is 41.5 Å². The number of fused-ring (bicyclic) bond motifs is 9. The molecule has 9 nitrogen and oxygen atoms in total. The van der Waals surface area contributed by atoms with Crippen molar-refractivity contribution in [2.24, 2.45) is 0 Å². The third-order valence-electron chi connectivity index (χ3n) is 31.2. The molecule has 0 aliphatic carbocycles. The van der Waals surface area contributed by atoms with E-state index in [0.717, 1.165) is 22.9 Å². The van der Waals surface area contributed by atoms with Gasteiger partial charge in [0.15, 0.2) is 11.4 Å². The van der Waals surface area contributed by atoms with Crippen molar-refractivity contribution in [3.63, 3.8) is 0 Å². The average Bonchev–Trinajstić information content (AvgIpc) is 1.55. The second-order valence-corrected chi connectivity index (χ2v) is 52.3. The Morgan fingerprint density at radius 3 is 0.811 bits per heavy atom. The van der Waals surface area contributed by atoms with Gasteiger partial charge in [0.1, 0.15) is 71.0 Å². The van der Waals surface area contributed by atoms with E-state index >= 15 is 0 Å². The van der Waals surface area contributed by atoms with Gasteiger partial charge in [-0.1, -0.05) is 402 Å². The number of nitrogens with zero attached hydrogens (tertiary/aromatic N) is 9. The van der Waals surface area contributed by atoms with E-state index in [4.69, 9.17) is 0 Å². The number of para-hydroxylation sites is 8. The first-order valence-corrected chi connectivity index (χ1v) is 53.7. The van der Waals surface area contributed by atoms with Crippen LogP contribution < -0.4 is 13.7 Å². The van der Waals surface area contributed by atoms with Crippen molar-refractivity contribution in [1.29, 1.82) is 0 Å². The smallest absolute Gasteiger partial charge is 0.263 e. The molecule has 0 bridgehead atoms. The second kappa shape index (κ2) is 37.7. The molecule has 6 aromatic heterocycles. The molecule has 0 saturated carbocycles. The summed E-state index contributed by atoms with van der Waals surface area (Å²) in [5, 5.41) is 7.50. The maximum Gasteiger partial charge on any atom is 0.263 e.